The molecule has 0 aromatic heterocycles. The van der Waals surface area contributed by atoms with E-state index in [0.717, 1.165) is 0 Å². The number of aryl methyl sites for hydroxylation is 1. The van der Waals surface area contributed by atoms with Gasteiger partial charge < -0.3 is 5.73 Å². The van der Waals surface area contributed by atoms with E-state index in [1.54, 1.807) is 13.8 Å². The van der Waals surface area contributed by atoms with Crippen molar-refractivity contribution < 1.29 is 8.78 Å². The summed E-state index contributed by atoms with van der Waals surface area (Å²) in [5.41, 5.74) is 5.18. The van der Waals surface area contributed by atoms with Crippen molar-refractivity contribution in [3.63, 3.8) is 0 Å². The molecule has 0 aliphatic heterocycles. The molecule has 0 saturated heterocycles. The van der Waals surface area contributed by atoms with Crippen LogP contribution in [0.25, 0.3) is 0 Å². The summed E-state index contributed by atoms with van der Waals surface area (Å²) in [4.78, 5) is 0. The van der Waals surface area contributed by atoms with E-state index < -0.39 is 17.2 Å². The largest absolute Gasteiger partial charge is 0.322 e. The Hall–Kier alpha value is -0.960. The van der Waals surface area contributed by atoms with Gasteiger partial charge in [0.15, 0.2) is 0 Å². The predicted molar refractivity (Wildman–Crippen MR) is 52.9 cm³/mol. The van der Waals surface area contributed by atoms with E-state index >= 15 is 0 Å². The third-order valence-electron chi connectivity index (χ3n) is 2.20. The average molecular weight is 199 g/mol. The van der Waals surface area contributed by atoms with Crippen LogP contribution in [0.5, 0.6) is 0 Å². The highest BCUT2D eigenvalue weighted by molar-refractivity contribution is 5.32. The Labute approximate surface area is 82.9 Å². The second-order valence-corrected chi connectivity index (χ2v) is 3.97. The van der Waals surface area contributed by atoms with Gasteiger partial charge in [0.05, 0.1) is 0 Å². The molecule has 2 N–H and O–H groups in total. The highest BCUT2D eigenvalue weighted by atomic mass is 19.1. The van der Waals surface area contributed by atoms with E-state index in [4.69, 9.17) is 5.73 Å². The molecule has 0 fully saturated rings. The summed E-state index contributed by atoms with van der Waals surface area (Å²) in [6.07, 6.45) is 0.537. The number of hydrogen-bond donors (Lipinski definition) is 1. The highest BCUT2D eigenvalue weighted by Crippen LogP contribution is 2.26. The molecule has 0 aliphatic carbocycles. The van der Waals surface area contributed by atoms with Crippen molar-refractivity contribution in [3.8, 4) is 0 Å². The maximum atomic E-state index is 13.7. The summed E-state index contributed by atoms with van der Waals surface area (Å²) in [7, 11) is 0. The minimum absolute atomic E-state index is 0.0307. The molecule has 0 radical (unpaired) electrons. The zero-order valence-corrected chi connectivity index (χ0v) is 8.70. The van der Waals surface area contributed by atoms with Gasteiger partial charge in [-0.2, -0.15) is 0 Å². The van der Waals surface area contributed by atoms with Crippen molar-refractivity contribution in [3.05, 3.63) is 34.9 Å². The van der Waals surface area contributed by atoms with Crippen molar-refractivity contribution in [1.82, 2.24) is 0 Å². The summed E-state index contributed by atoms with van der Waals surface area (Å²) in [5, 5.41) is 0. The lowest BCUT2D eigenvalue weighted by atomic mass is 9.92. The minimum atomic E-state index is -0.987. The highest BCUT2D eigenvalue weighted by Gasteiger charge is 2.24. The fraction of sp³-hybridized carbons (Fsp3) is 0.455. The summed E-state index contributed by atoms with van der Waals surface area (Å²) < 4.78 is 27.1. The molecule has 0 atom stereocenters. The molecule has 1 aromatic rings. The third-order valence-corrected chi connectivity index (χ3v) is 2.20. The molecule has 0 spiro atoms. The van der Waals surface area contributed by atoms with E-state index in [-0.39, 0.29) is 5.56 Å². The first-order valence-corrected chi connectivity index (χ1v) is 4.64. The number of rotatable bonds is 2. The van der Waals surface area contributed by atoms with Gasteiger partial charge in [0.2, 0.25) is 0 Å². The van der Waals surface area contributed by atoms with Gasteiger partial charge in [0.25, 0.3) is 0 Å². The van der Waals surface area contributed by atoms with Crippen molar-refractivity contribution in [2.75, 3.05) is 0 Å². The lowest BCUT2D eigenvalue weighted by Crippen LogP contribution is -2.31. The number of nitrogens with two attached hydrogens (primary N) is 1. The van der Waals surface area contributed by atoms with Gasteiger partial charge >= 0.3 is 0 Å². The SMILES string of the molecule is CCc1ccc(F)c(C(C)(C)N)c1F. The number of halogens is 2. The second-order valence-electron chi connectivity index (χ2n) is 3.97. The fourth-order valence-electron chi connectivity index (χ4n) is 1.46. The van der Waals surface area contributed by atoms with Crippen LogP contribution in [0.15, 0.2) is 12.1 Å². The first-order valence-electron chi connectivity index (χ1n) is 4.64. The molecule has 1 nitrogen and oxygen atoms in total. The Balaban J connectivity index is 3.40. The fourth-order valence-corrected chi connectivity index (χ4v) is 1.46. The monoisotopic (exact) mass is 199 g/mol. The van der Waals surface area contributed by atoms with Crippen LogP contribution in [0.3, 0.4) is 0 Å². The molecule has 0 bridgehead atoms. The van der Waals surface area contributed by atoms with Crippen LogP contribution in [0.2, 0.25) is 0 Å². The zero-order chi connectivity index (χ0) is 10.9. The molecule has 0 aliphatic rings. The van der Waals surface area contributed by atoms with E-state index in [2.05, 4.69) is 0 Å². The lowest BCUT2D eigenvalue weighted by Gasteiger charge is -2.21. The average Bonchev–Trinajstić information content (AvgIpc) is 2.02. The maximum Gasteiger partial charge on any atom is 0.134 e. The Kier molecular flexibility index (Phi) is 2.90. The van der Waals surface area contributed by atoms with Gasteiger partial charge in [-0.15, -0.1) is 0 Å². The van der Waals surface area contributed by atoms with E-state index in [1.165, 1.54) is 12.1 Å². The third kappa shape index (κ3) is 1.93. The van der Waals surface area contributed by atoms with Crippen LogP contribution in [0.4, 0.5) is 8.78 Å². The van der Waals surface area contributed by atoms with Crippen LogP contribution in [0.1, 0.15) is 31.9 Å². The molecule has 0 saturated carbocycles. The lowest BCUT2D eigenvalue weighted by molar-refractivity contribution is 0.455. The number of hydrogen-bond acceptors (Lipinski definition) is 1. The first-order chi connectivity index (χ1) is 6.38. The van der Waals surface area contributed by atoms with Crippen molar-refractivity contribution >= 4 is 0 Å². The zero-order valence-electron chi connectivity index (χ0n) is 8.70. The number of benzene rings is 1. The molecule has 14 heavy (non-hydrogen) atoms. The molecular weight excluding hydrogens is 184 g/mol. The Morgan fingerprint density at radius 3 is 2.29 bits per heavy atom. The normalized spacial score (nSPS) is 11.9. The first kappa shape index (κ1) is 11.1. The van der Waals surface area contributed by atoms with E-state index in [0.29, 0.717) is 12.0 Å². The molecule has 0 amide bonds. The molecule has 78 valence electrons. The van der Waals surface area contributed by atoms with Gasteiger partial charge in [-0.25, -0.2) is 8.78 Å². The molecule has 1 aromatic carbocycles. The van der Waals surface area contributed by atoms with E-state index in [1.807, 2.05) is 6.92 Å². The molecule has 0 heterocycles. The van der Waals surface area contributed by atoms with Crippen molar-refractivity contribution in [2.45, 2.75) is 32.7 Å². The van der Waals surface area contributed by atoms with Crippen LogP contribution >= 0.6 is 0 Å². The van der Waals surface area contributed by atoms with Crippen molar-refractivity contribution in [2.24, 2.45) is 5.73 Å². The van der Waals surface area contributed by atoms with Gasteiger partial charge in [-0.3, -0.25) is 0 Å². The van der Waals surface area contributed by atoms with Gasteiger partial charge in [0.1, 0.15) is 11.6 Å². The smallest absolute Gasteiger partial charge is 0.134 e. The van der Waals surface area contributed by atoms with E-state index in [9.17, 15) is 8.78 Å². The summed E-state index contributed by atoms with van der Waals surface area (Å²) in [6.45, 7) is 5.01. The molecule has 3 heteroatoms. The maximum absolute atomic E-state index is 13.7. The Morgan fingerprint density at radius 2 is 1.86 bits per heavy atom. The minimum Gasteiger partial charge on any atom is -0.322 e. The second kappa shape index (κ2) is 3.65. The van der Waals surface area contributed by atoms with Gasteiger partial charge in [-0.05, 0) is 31.9 Å². The van der Waals surface area contributed by atoms with Crippen LogP contribution in [-0.2, 0) is 12.0 Å². The summed E-state index contributed by atoms with van der Waals surface area (Å²) >= 11 is 0. The summed E-state index contributed by atoms with van der Waals surface area (Å²) in [6, 6.07) is 2.73. The van der Waals surface area contributed by atoms with Gasteiger partial charge in [-0.1, -0.05) is 13.0 Å². The Morgan fingerprint density at radius 1 is 1.29 bits per heavy atom. The quantitative estimate of drug-likeness (QED) is 0.778. The van der Waals surface area contributed by atoms with Gasteiger partial charge in [0, 0.05) is 11.1 Å². The molecule has 1 rings (SSSR count). The topological polar surface area (TPSA) is 26.0 Å². The molecule has 0 unspecified atom stereocenters. The molecular formula is C11H15F2N. The van der Waals surface area contributed by atoms with Crippen molar-refractivity contribution in [1.29, 1.82) is 0 Å². The van der Waals surface area contributed by atoms with Crippen LogP contribution in [-0.4, -0.2) is 0 Å². The Bertz CT molecular complexity index is 340. The van der Waals surface area contributed by atoms with Crippen LogP contribution < -0.4 is 5.73 Å². The standard InChI is InChI=1S/C11H15F2N/c1-4-7-5-6-8(12)9(10(7)13)11(2,3)14/h5-6H,4,14H2,1-3H3. The predicted octanol–water partition coefficient (Wildman–Crippen LogP) is 2.72. The van der Waals surface area contributed by atoms with Crippen LogP contribution in [0, 0.1) is 11.6 Å². The summed E-state index contributed by atoms with van der Waals surface area (Å²) in [5.74, 6) is -1.09.